The van der Waals surface area contributed by atoms with Gasteiger partial charge in [0.15, 0.2) is 6.04 Å². The van der Waals surface area contributed by atoms with Crippen molar-refractivity contribution in [1.82, 2.24) is 20.3 Å². The van der Waals surface area contributed by atoms with Crippen LogP contribution in [0.5, 0.6) is 0 Å². The Bertz CT molecular complexity index is 1050. The highest BCUT2D eigenvalue weighted by Gasteiger charge is 2.55. The number of carbonyl (C=O) groups is 2. The highest BCUT2D eigenvalue weighted by molar-refractivity contribution is 5.89. The number of piperidine rings is 1. The molecule has 2 atom stereocenters. The largest absolute Gasteiger partial charge is 0.464 e. The third-order valence-electron chi connectivity index (χ3n) is 7.19. The summed E-state index contributed by atoms with van der Waals surface area (Å²) in [6.07, 6.45) is 5.11. The monoisotopic (exact) mass is 463 g/mol. The van der Waals surface area contributed by atoms with Gasteiger partial charge in [-0.25, -0.2) is 23.5 Å². The number of fused-ring (bicyclic) bond motifs is 1. The molecule has 3 N–H and O–H groups in total. The zero-order valence-corrected chi connectivity index (χ0v) is 18.1. The fourth-order valence-electron chi connectivity index (χ4n) is 5.18. The molecule has 1 aliphatic heterocycles. The van der Waals surface area contributed by atoms with E-state index in [2.05, 4.69) is 25.2 Å². The Morgan fingerprint density at radius 3 is 2.82 bits per heavy atom. The minimum Gasteiger partial charge on any atom is -0.464 e. The second-order valence-electron chi connectivity index (χ2n) is 9.57. The number of anilines is 1. The fourth-order valence-corrected chi connectivity index (χ4v) is 5.18. The smallest absolute Gasteiger partial charge is 0.331 e. The van der Waals surface area contributed by atoms with E-state index in [-0.39, 0.29) is 42.6 Å². The molecular formula is C22H27F2N5O4. The number of halogens is 2. The van der Waals surface area contributed by atoms with Crippen LogP contribution in [-0.4, -0.2) is 70.2 Å². The molecule has 11 heteroatoms. The van der Waals surface area contributed by atoms with E-state index in [0.29, 0.717) is 19.5 Å². The molecular weight excluding hydrogens is 436 g/mol. The molecule has 1 spiro atoms. The Morgan fingerprint density at radius 2 is 2.12 bits per heavy atom. The second-order valence-corrected chi connectivity index (χ2v) is 9.57. The number of aromatic nitrogens is 3. The van der Waals surface area contributed by atoms with Gasteiger partial charge in [-0.2, -0.15) is 0 Å². The van der Waals surface area contributed by atoms with Crippen molar-refractivity contribution in [2.75, 3.05) is 31.2 Å². The molecule has 1 saturated heterocycles. The Balaban J connectivity index is 1.19. The van der Waals surface area contributed by atoms with Gasteiger partial charge in [0.1, 0.15) is 17.8 Å². The standard InChI is InChI=1S/C22H27F2N5O4/c23-22(24)7-13(8-22)10-33-20(32)16(9-30)28-19(31)15-2-6-29(11-21(15)3-4-21)18-14-1-5-25-17(14)26-12-27-18/h1,5,12-13,15-16,30H,2-4,6-11H2,(H,28,31)(H,25,26,27)/t15-,16-/m1/s1. The summed E-state index contributed by atoms with van der Waals surface area (Å²) in [7, 11) is 0. The summed E-state index contributed by atoms with van der Waals surface area (Å²) >= 11 is 0. The van der Waals surface area contributed by atoms with E-state index in [1.807, 2.05) is 12.3 Å². The van der Waals surface area contributed by atoms with E-state index in [1.165, 1.54) is 6.33 Å². The van der Waals surface area contributed by atoms with Gasteiger partial charge in [0, 0.05) is 44.0 Å². The lowest BCUT2D eigenvalue weighted by Gasteiger charge is -2.39. The Kier molecular flexibility index (Phi) is 5.46. The number of alkyl halides is 2. The number of aliphatic hydroxyl groups is 1. The number of nitrogens with zero attached hydrogens (tertiary/aromatic N) is 3. The number of aliphatic hydroxyl groups excluding tert-OH is 1. The quantitative estimate of drug-likeness (QED) is 0.534. The Labute approximate surface area is 188 Å². The highest BCUT2D eigenvalue weighted by Crippen LogP contribution is 2.56. The molecule has 5 rings (SSSR count). The Morgan fingerprint density at radius 1 is 1.33 bits per heavy atom. The minimum atomic E-state index is -2.69. The van der Waals surface area contributed by atoms with E-state index >= 15 is 0 Å². The average molecular weight is 463 g/mol. The van der Waals surface area contributed by atoms with Gasteiger partial charge in [0.25, 0.3) is 0 Å². The van der Waals surface area contributed by atoms with Crippen molar-refractivity contribution in [3.63, 3.8) is 0 Å². The lowest BCUT2D eigenvalue weighted by molar-refractivity contribution is -0.161. The van der Waals surface area contributed by atoms with Crippen LogP contribution in [0.2, 0.25) is 0 Å². The van der Waals surface area contributed by atoms with Gasteiger partial charge in [-0.1, -0.05) is 0 Å². The first-order valence-electron chi connectivity index (χ1n) is 11.3. The molecule has 2 aromatic rings. The van der Waals surface area contributed by atoms with Crippen molar-refractivity contribution in [2.45, 2.75) is 44.1 Å². The number of hydrogen-bond acceptors (Lipinski definition) is 7. The molecule has 0 aromatic carbocycles. The second kappa shape index (κ2) is 8.19. The number of rotatable bonds is 7. The maximum absolute atomic E-state index is 13.1. The predicted molar refractivity (Wildman–Crippen MR) is 114 cm³/mol. The summed E-state index contributed by atoms with van der Waals surface area (Å²) in [6, 6.07) is 0.735. The molecule has 0 bridgehead atoms. The van der Waals surface area contributed by atoms with E-state index in [0.717, 1.165) is 29.7 Å². The first-order chi connectivity index (χ1) is 15.8. The van der Waals surface area contributed by atoms with Crippen LogP contribution in [0.25, 0.3) is 11.0 Å². The van der Waals surface area contributed by atoms with Crippen molar-refractivity contribution >= 4 is 28.7 Å². The van der Waals surface area contributed by atoms with Crippen LogP contribution in [0.1, 0.15) is 32.1 Å². The first-order valence-corrected chi connectivity index (χ1v) is 11.3. The number of ether oxygens (including phenoxy) is 1. The highest BCUT2D eigenvalue weighted by atomic mass is 19.3. The summed E-state index contributed by atoms with van der Waals surface area (Å²) in [4.78, 5) is 39.3. The molecule has 33 heavy (non-hydrogen) atoms. The van der Waals surface area contributed by atoms with Crippen molar-refractivity contribution in [3.8, 4) is 0 Å². The molecule has 3 fully saturated rings. The molecule has 3 heterocycles. The summed E-state index contributed by atoms with van der Waals surface area (Å²) in [5.41, 5.74) is 0.566. The van der Waals surface area contributed by atoms with E-state index < -0.39 is 24.5 Å². The zero-order chi connectivity index (χ0) is 23.2. The van der Waals surface area contributed by atoms with Crippen LogP contribution in [0.3, 0.4) is 0 Å². The normalized spacial score (nSPS) is 24.3. The number of esters is 1. The van der Waals surface area contributed by atoms with Crippen molar-refractivity contribution in [2.24, 2.45) is 17.3 Å². The van der Waals surface area contributed by atoms with Crippen LogP contribution in [-0.2, 0) is 14.3 Å². The number of hydrogen-bond donors (Lipinski definition) is 3. The van der Waals surface area contributed by atoms with Gasteiger partial charge in [0.2, 0.25) is 11.8 Å². The van der Waals surface area contributed by atoms with Gasteiger partial charge in [-0.05, 0) is 30.7 Å². The van der Waals surface area contributed by atoms with Gasteiger partial charge in [0.05, 0.1) is 18.6 Å². The predicted octanol–water partition coefficient (Wildman–Crippen LogP) is 1.63. The molecule has 9 nitrogen and oxygen atoms in total. The topological polar surface area (TPSA) is 120 Å². The number of aromatic amines is 1. The van der Waals surface area contributed by atoms with Gasteiger partial charge >= 0.3 is 5.97 Å². The molecule has 178 valence electrons. The first kappa shape index (κ1) is 22.0. The maximum atomic E-state index is 13.1. The zero-order valence-electron chi connectivity index (χ0n) is 18.1. The lowest BCUT2D eigenvalue weighted by Crippen LogP contribution is -2.52. The van der Waals surface area contributed by atoms with Crippen LogP contribution in [0.4, 0.5) is 14.6 Å². The van der Waals surface area contributed by atoms with Crippen LogP contribution in [0.15, 0.2) is 18.6 Å². The molecule has 0 unspecified atom stereocenters. The molecule has 3 aliphatic rings. The summed E-state index contributed by atoms with van der Waals surface area (Å²) in [5.74, 6) is -3.60. The number of carbonyl (C=O) groups excluding carboxylic acids is 2. The summed E-state index contributed by atoms with van der Waals surface area (Å²) in [6.45, 7) is 0.563. The molecule has 1 amide bonds. The Hall–Kier alpha value is -2.82. The fraction of sp³-hybridized carbons (Fsp3) is 0.636. The molecule has 2 saturated carbocycles. The van der Waals surface area contributed by atoms with E-state index in [9.17, 15) is 23.5 Å². The third kappa shape index (κ3) is 4.25. The number of H-pyrrole nitrogens is 1. The average Bonchev–Trinajstić information content (AvgIpc) is 3.35. The van der Waals surface area contributed by atoms with E-state index in [4.69, 9.17) is 4.74 Å². The molecule has 2 aromatic heterocycles. The minimum absolute atomic E-state index is 0.129. The number of amides is 1. The van der Waals surface area contributed by atoms with Crippen LogP contribution >= 0.6 is 0 Å². The van der Waals surface area contributed by atoms with Gasteiger partial charge in [-0.3, -0.25) is 4.79 Å². The SMILES string of the molecule is O=C(N[C@H](CO)C(=O)OCC1CC(F)(F)C1)[C@H]1CCN(c2ncnc3[nH]ccc23)CC12CC2. The van der Waals surface area contributed by atoms with Gasteiger partial charge in [-0.15, -0.1) is 0 Å². The van der Waals surface area contributed by atoms with Crippen molar-refractivity contribution < 1.29 is 28.2 Å². The lowest BCUT2D eigenvalue weighted by atomic mass is 9.81. The summed E-state index contributed by atoms with van der Waals surface area (Å²) < 4.78 is 31.0. The van der Waals surface area contributed by atoms with Crippen LogP contribution < -0.4 is 10.2 Å². The van der Waals surface area contributed by atoms with Crippen molar-refractivity contribution in [3.05, 3.63) is 18.6 Å². The van der Waals surface area contributed by atoms with Crippen molar-refractivity contribution in [1.29, 1.82) is 0 Å². The number of nitrogens with one attached hydrogen (secondary N) is 2. The molecule has 0 radical (unpaired) electrons. The van der Waals surface area contributed by atoms with E-state index in [1.54, 1.807) is 0 Å². The summed E-state index contributed by atoms with van der Waals surface area (Å²) in [5, 5.41) is 13.2. The maximum Gasteiger partial charge on any atom is 0.331 e. The van der Waals surface area contributed by atoms with Crippen LogP contribution in [0, 0.1) is 17.3 Å². The molecule has 2 aliphatic carbocycles. The third-order valence-corrected chi connectivity index (χ3v) is 7.19. The van der Waals surface area contributed by atoms with Gasteiger partial charge < -0.3 is 25.0 Å².